The molecular formula is C15H27NO2. The Morgan fingerprint density at radius 1 is 0.833 bits per heavy atom. The highest BCUT2D eigenvalue weighted by atomic mass is 16.5. The van der Waals surface area contributed by atoms with Crippen molar-refractivity contribution in [3.05, 3.63) is 0 Å². The summed E-state index contributed by atoms with van der Waals surface area (Å²) < 4.78 is 11.2. The van der Waals surface area contributed by atoms with Crippen molar-refractivity contribution < 1.29 is 9.47 Å². The quantitative estimate of drug-likeness (QED) is 0.836. The van der Waals surface area contributed by atoms with E-state index in [1.54, 1.807) is 0 Å². The van der Waals surface area contributed by atoms with Crippen molar-refractivity contribution in [3.8, 4) is 0 Å². The molecule has 0 amide bonds. The molecular weight excluding hydrogens is 226 g/mol. The molecule has 3 fully saturated rings. The van der Waals surface area contributed by atoms with Crippen LogP contribution in [0, 0.1) is 17.3 Å². The van der Waals surface area contributed by atoms with Gasteiger partial charge in [0.1, 0.15) is 0 Å². The van der Waals surface area contributed by atoms with Crippen molar-refractivity contribution in [2.45, 2.75) is 44.6 Å². The van der Waals surface area contributed by atoms with Gasteiger partial charge >= 0.3 is 0 Å². The second-order valence-corrected chi connectivity index (χ2v) is 6.45. The van der Waals surface area contributed by atoms with Gasteiger partial charge in [-0.1, -0.05) is 0 Å². The van der Waals surface area contributed by atoms with Gasteiger partial charge < -0.3 is 14.8 Å². The first-order valence-electron chi connectivity index (χ1n) is 7.68. The highest BCUT2D eigenvalue weighted by Crippen LogP contribution is 2.51. The largest absolute Gasteiger partial charge is 0.381 e. The van der Waals surface area contributed by atoms with Crippen LogP contribution in [0.3, 0.4) is 0 Å². The minimum atomic E-state index is 0.516. The maximum Gasteiger partial charge on any atom is 0.0550 e. The third-order valence-electron chi connectivity index (χ3n) is 5.72. The summed E-state index contributed by atoms with van der Waals surface area (Å²) in [6, 6.07) is 0.758. The molecule has 3 aliphatic rings. The Morgan fingerprint density at radius 3 is 1.94 bits per heavy atom. The first-order chi connectivity index (χ1) is 8.85. The number of nitrogens with one attached hydrogen (secondary N) is 1. The molecule has 3 nitrogen and oxygen atoms in total. The van der Waals surface area contributed by atoms with Crippen LogP contribution in [0.1, 0.15) is 38.5 Å². The zero-order chi connectivity index (χ0) is 12.4. The van der Waals surface area contributed by atoms with Crippen molar-refractivity contribution in [3.63, 3.8) is 0 Å². The smallest absolute Gasteiger partial charge is 0.0550 e. The standard InChI is InChI=1S/C15H27NO2/c1-16-14-4-2-12(3-5-14)15(10-18-11-15)13-6-8-17-9-7-13/h12-14,16H,2-11H2,1H3. The topological polar surface area (TPSA) is 30.5 Å². The molecule has 2 heterocycles. The van der Waals surface area contributed by atoms with Gasteiger partial charge in [0.25, 0.3) is 0 Å². The van der Waals surface area contributed by atoms with E-state index in [0.717, 1.165) is 44.3 Å². The van der Waals surface area contributed by atoms with Gasteiger partial charge in [0.15, 0.2) is 0 Å². The Morgan fingerprint density at radius 2 is 1.44 bits per heavy atom. The molecule has 1 saturated carbocycles. The Kier molecular flexibility index (Phi) is 3.92. The number of hydrogen-bond acceptors (Lipinski definition) is 3. The van der Waals surface area contributed by atoms with Gasteiger partial charge in [0, 0.05) is 24.7 Å². The molecule has 2 saturated heterocycles. The average molecular weight is 253 g/mol. The summed E-state index contributed by atoms with van der Waals surface area (Å²) in [6.45, 7) is 3.98. The molecule has 0 aromatic rings. The molecule has 0 spiro atoms. The van der Waals surface area contributed by atoms with Crippen LogP contribution in [0.2, 0.25) is 0 Å². The molecule has 2 aliphatic heterocycles. The Hall–Kier alpha value is -0.120. The second kappa shape index (κ2) is 5.48. The van der Waals surface area contributed by atoms with Crippen molar-refractivity contribution in [1.29, 1.82) is 0 Å². The van der Waals surface area contributed by atoms with Crippen LogP contribution in [0.25, 0.3) is 0 Å². The van der Waals surface area contributed by atoms with Crippen LogP contribution in [-0.2, 0) is 9.47 Å². The summed E-state index contributed by atoms with van der Waals surface area (Å²) in [7, 11) is 2.10. The van der Waals surface area contributed by atoms with Crippen molar-refractivity contribution in [1.82, 2.24) is 5.32 Å². The summed E-state index contributed by atoms with van der Waals surface area (Å²) in [4.78, 5) is 0. The monoisotopic (exact) mass is 253 g/mol. The van der Waals surface area contributed by atoms with E-state index in [4.69, 9.17) is 9.47 Å². The van der Waals surface area contributed by atoms with Gasteiger partial charge in [-0.15, -0.1) is 0 Å². The highest BCUT2D eigenvalue weighted by molar-refractivity contribution is 4.99. The van der Waals surface area contributed by atoms with Crippen LogP contribution >= 0.6 is 0 Å². The van der Waals surface area contributed by atoms with Gasteiger partial charge in [-0.25, -0.2) is 0 Å². The predicted octanol–water partition coefficient (Wildman–Crippen LogP) is 2.21. The third kappa shape index (κ3) is 2.21. The fourth-order valence-electron chi connectivity index (χ4n) is 4.37. The van der Waals surface area contributed by atoms with E-state index in [-0.39, 0.29) is 0 Å². The predicted molar refractivity (Wildman–Crippen MR) is 71.6 cm³/mol. The van der Waals surface area contributed by atoms with E-state index < -0.39 is 0 Å². The summed E-state index contributed by atoms with van der Waals surface area (Å²) in [5, 5.41) is 3.44. The van der Waals surface area contributed by atoms with Gasteiger partial charge in [-0.3, -0.25) is 0 Å². The highest BCUT2D eigenvalue weighted by Gasteiger charge is 2.51. The van der Waals surface area contributed by atoms with Crippen molar-refractivity contribution >= 4 is 0 Å². The lowest BCUT2D eigenvalue weighted by Crippen LogP contribution is -2.56. The lowest BCUT2D eigenvalue weighted by molar-refractivity contribution is -0.198. The Labute approximate surface area is 111 Å². The van der Waals surface area contributed by atoms with Gasteiger partial charge in [0.05, 0.1) is 13.2 Å². The number of ether oxygens (including phenoxy) is 2. The minimum absolute atomic E-state index is 0.516. The van der Waals surface area contributed by atoms with Crippen LogP contribution in [0.4, 0.5) is 0 Å². The van der Waals surface area contributed by atoms with E-state index >= 15 is 0 Å². The van der Waals surface area contributed by atoms with Crippen LogP contribution in [0.5, 0.6) is 0 Å². The molecule has 0 aromatic carbocycles. The fourth-order valence-corrected chi connectivity index (χ4v) is 4.37. The normalized spacial score (nSPS) is 37.2. The second-order valence-electron chi connectivity index (χ2n) is 6.45. The summed E-state index contributed by atoms with van der Waals surface area (Å²) in [6.07, 6.45) is 8.02. The van der Waals surface area contributed by atoms with E-state index in [2.05, 4.69) is 12.4 Å². The molecule has 104 valence electrons. The molecule has 3 heteroatoms. The Bertz CT molecular complexity index is 264. The Balaban J connectivity index is 1.64. The SMILES string of the molecule is CNC1CCC(C2(C3CCOCC3)COC2)CC1. The zero-order valence-corrected chi connectivity index (χ0v) is 11.6. The van der Waals surface area contributed by atoms with E-state index in [9.17, 15) is 0 Å². The lowest BCUT2D eigenvalue weighted by atomic mass is 9.58. The molecule has 0 atom stereocenters. The molecule has 1 aliphatic carbocycles. The molecule has 0 unspecified atom stereocenters. The molecule has 0 aromatic heterocycles. The van der Waals surface area contributed by atoms with Crippen molar-refractivity contribution in [2.75, 3.05) is 33.5 Å². The molecule has 3 rings (SSSR count). The van der Waals surface area contributed by atoms with Crippen LogP contribution in [-0.4, -0.2) is 39.5 Å². The third-order valence-corrected chi connectivity index (χ3v) is 5.72. The molecule has 0 radical (unpaired) electrons. The van der Waals surface area contributed by atoms with Gasteiger partial charge in [-0.2, -0.15) is 0 Å². The van der Waals surface area contributed by atoms with E-state index in [1.165, 1.54) is 38.5 Å². The first-order valence-corrected chi connectivity index (χ1v) is 7.68. The zero-order valence-electron chi connectivity index (χ0n) is 11.6. The van der Waals surface area contributed by atoms with Gasteiger partial charge in [0.2, 0.25) is 0 Å². The molecule has 1 N–H and O–H groups in total. The van der Waals surface area contributed by atoms with Crippen LogP contribution in [0.15, 0.2) is 0 Å². The maximum absolute atomic E-state index is 5.64. The van der Waals surface area contributed by atoms with E-state index in [1.807, 2.05) is 0 Å². The number of hydrogen-bond donors (Lipinski definition) is 1. The molecule has 0 bridgehead atoms. The van der Waals surface area contributed by atoms with E-state index in [0.29, 0.717) is 5.41 Å². The molecule has 18 heavy (non-hydrogen) atoms. The summed E-state index contributed by atoms with van der Waals surface area (Å²) in [5.41, 5.74) is 0.516. The summed E-state index contributed by atoms with van der Waals surface area (Å²) in [5.74, 6) is 1.76. The van der Waals surface area contributed by atoms with Gasteiger partial charge in [-0.05, 0) is 57.4 Å². The minimum Gasteiger partial charge on any atom is -0.381 e. The summed E-state index contributed by atoms with van der Waals surface area (Å²) >= 11 is 0. The first kappa shape index (κ1) is 12.9. The lowest BCUT2D eigenvalue weighted by Gasteiger charge is -2.54. The van der Waals surface area contributed by atoms with Crippen LogP contribution < -0.4 is 5.32 Å². The fraction of sp³-hybridized carbons (Fsp3) is 1.00. The maximum atomic E-state index is 5.64. The average Bonchev–Trinajstić information content (AvgIpc) is 2.40. The van der Waals surface area contributed by atoms with Crippen molar-refractivity contribution in [2.24, 2.45) is 17.3 Å². The number of rotatable bonds is 3.